The van der Waals surface area contributed by atoms with Crippen molar-refractivity contribution < 1.29 is 0 Å². The Morgan fingerprint density at radius 1 is 1.41 bits per heavy atom. The fourth-order valence-electron chi connectivity index (χ4n) is 2.35. The Balaban J connectivity index is 1.96. The van der Waals surface area contributed by atoms with Crippen molar-refractivity contribution in [1.82, 2.24) is 5.32 Å². The van der Waals surface area contributed by atoms with Gasteiger partial charge < -0.3 is 10.6 Å². The molecule has 0 saturated carbocycles. The lowest BCUT2D eigenvalue weighted by molar-refractivity contribution is 0.499. The second-order valence-electron chi connectivity index (χ2n) is 5.12. The van der Waals surface area contributed by atoms with E-state index in [0.717, 1.165) is 25.6 Å². The third kappa shape index (κ3) is 3.22. The van der Waals surface area contributed by atoms with Crippen LogP contribution < -0.4 is 10.6 Å². The first-order valence-corrected chi connectivity index (χ1v) is 6.86. The Morgan fingerprint density at radius 2 is 2.29 bits per heavy atom. The van der Waals surface area contributed by atoms with Crippen LogP contribution in [0.5, 0.6) is 0 Å². The summed E-state index contributed by atoms with van der Waals surface area (Å²) < 4.78 is 0. The van der Waals surface area contributed by atoms with Gasteiger partial charge in [-0.05, 0) is 42.5 Å². The molecule has 1 aliphatic heterocycles. The molecule has 94 valence electrons. The van der Waals surface area contributed by atoms with Crippen molar-refractivity contribution in [3.05, 3.63) is 29.3 Å². The Bertz CT molecular complexity index is 360. The highest BCUT2D eigenvalue weighted by atomic mass is 14.9. The molecular weight excluding hydrogens is 208 g/mol. The minimum atomic E-state index is 0.771. The van der Waals surface area contributed by atoms with Crippen LogP contribution in [0.15, 0.2) is 18.2 Å². The van der Waals surface area contributed by atoms with Gasteiger partial charge in [0, 0.05) is 18.8 Å². The summed E-state index contributed by atoms with van der Waals surface area (Å²) in [5, 5.41) is 7.06. The number of anilines is 1. The quantitative estimate of drug-likeness (QED) is 0.814. The summed E-state index contributed by atoms with van der Waals surface area (Å²) in [6, 6.07) is 6.62. The zero-order valence-corrected chi connectivity index (χ0v) is 11.1. The maximum atomic E-state index is 3.57. The average molecular weight is 232 g/mol. The predicted molar refractivity (Wildman–Crippen MR) is 74.4 cm³/mol. The Morgan fingerprint density at radius 3 is 3.12 bits per heavy atom. The van der Waals surface area contributed by atoms with Crippen molar-refractivity contribution in [2.45, 2.75) is 39.7 Å². The van der Waals surface area contributed by atoms with E-state index in [1.807, 2.05) is 0 Å². The predicted octanol–water partition coefficient (Wildman–Crippen LogP) is 3.18. The third-order valence-electron chi connectivity index (χ3n) is 3.70. The summed E-state index contributed by atoms with van der Waals surface area (Å²) in [6.07, 6.45) is 3.74. The standard InChI is InChI=1S/C15H24N2/c1-3-12(2)10-16-11-13-6-4-8-15-14(13)7-5-9-17-15/h4,6,8,12,16-17H,3,5,7,9-11H2,1-2H3. The van der Waals surface area contributed by atoms with Gasteiger partial charge in [0.25, 0.3) is 0 Å². The molecule has 2 heteroatoms. The summed E-state index contributed by atoms with van der Waals surface area (Å²) in [6.45, 7) is 7.80. The summed E-state index contributed by atoms with van der Waals surface area (Å²) in [5.41, 5.74) is 4.34. The van der Waals surface area contributed by atoms with Gasteiger partial charge in [-0.2, -0.15) is 0 Å². The number of hydrogen-bond donors (Lipinski definition) is 2. The molecule has 1 atom stereocenters. The van der Waals surface area contributed by atoms with Gasteiger partial charge in [-0.1, -0.05) is 32.4 Å². The molecule has 0 aromatic heterocycles. The topological polar surface area (TPSA) is 24.1 Å². The molecular formula is C15H24N2. The van der Waals surface area contributed by atoms with E-state index in [0.29, 0.717) is 0 Å². The van der Waals surface area contributed by atoms with Crippen LogP contribution in [0.25, 0.3) is 0 Å². The average Bonchev–Trinajstić information content (AvgIpc) is 2.39. The molecule has 0 radical (unpaired) electrons. The molecule has 1 unspecified atom stereocenters. The van der Waals surface area contributed by atoms with Crippen LogP contribution in [0.2, 0.25) is 0 Å². The highest BCUT2D eigenvalue weighted by Crippen LogP contribution is 2.25. The molecule has 0 fully saturated rings. The van der Waals surface area contributed by atoms with Crippen molar-refractivity contribution in [3.63, 3.8) is 0 Å². The zero-order valence-electron chi connectivity index (χ0n) is 11.1. The second kappa shape index (κ2) is 6.06. The third-order valence-corrected chi connectivity index (χ3v) is 3.70. The summed E-state index contributed by atoms with van der Waals surface area (Å²) in [4.78, 5) is 0. The Labute approximate surface area is 105 Å². The van der Waals surface area contributed by atoms with Crippen LogP contribution >= 0.6 is 0 Å². The molecule has 2 N–H and O–H groups in total. The van der Waals surface area contributed by atoms with E-state index in [-0.39, 0.29) is 0 Å². The number of nitrogens with one attached hydrogen (secondary N) is 2. The number of hydrogen-bond acceptors (Lipinski definition) is 2. The lowest BCUT2D eigenvalue weighted by Crippen LogP contribution is -2.22. The molecule has 2 rings (SSSR count). The SMILES string of the molecule is CCC(C)CNCc1cccc2c1CCCN2. The summed E-state index contributed by atoms with van der Waals surface area (Å²) in [7, 11) is 0. The maximum absolute atomic E-state index is 3.57. The Kier molecular flexibility index (Phi) is 4.43. The van der Waals surface area contributed by atoms with Gasteiger partial charge in [0.15, 0.2) is 0 Å². The van der Waals surface area contributed by atoms with Crippen LogP contribution in [0.1, 0.15) is 37.8 Å². The van der Waals surface area contributed by atoms with Gasteiger partial charge in [0.2, 0.25) is 0 Å². The van der Waals surface area contributed by atoms with Crippen molar-refractivity contribution in [3.8, 4) is 0 Å². The molecule has 0 amide bonds. The van der Waals surface area contributed by atoms with Crippen LogP contribution in [0.4, 0.5) is 5.69 Å². The van der Waals surface area contributed by atoms with Crippen molar-refractivity contribution >= 4 is 5.69 Å². The van der Waals surface area contributed by atoms with Gasteiger partial charge in [-0.25, -0.2) is 0 Å². The first kappa shape index (κ1) is 12.4. The highest BCUT2D eigenvalue weighted by Gasteiger charge is 2.11. The molecule has 1 aromatic carbocycles. The second-order valence-corrected chi connectivity index (χ2v) is 5.12. The minimum Gasteiger partial charge on any atom is -0.385 e. The van der Waals surface area contributed by atoms with E-state index < -0.39 is 0 Å². The fraction of sp³-hybridized carbons (Fsp3) is 0.600. The maximum Gasteiger partial charge on any atom is 0.0375 e. The minimum absolute atomic E-state index is 0.771. The van der Waals surface area contributed by atoms with E-state index >= 15 is 0 Å². The molecule has 1 heterocycles. The van der Waals surface area contributed by atoms with E-state index in [1.54, 1.807) is 0 Å². The van der Waals surface area contributed by atoms with E-state index in [4.69, 9.17) is 0 Å². The van der Waals surface area contributed by atoms with E-state index in [1.165, 1.54) is 36.1 Å². The molecule has 0 spiro atoms. The van der Waals surface area contributed by atoms with Crippen LogP contribution in [0.3, 0.4) is 0 Å². The molecule has 0 bridgehead atoms. The highest BCUT2D eigenvalue weighted by molar-refractivity contribution is 5.56. The largest absolute Gasteiger partial charge is 0.385 e. The van der Waals surface area contributed by atoms with E-state index in [9.17, 15) is 0 Å². The first-order valence-electron chi connectivity index (χ1n) is 6.86. The van der Waals surface area contributed by atoms with Crippen LogP contribution in [0, 0.1) is 5.92 Å². The van der Waals surface area contributed by atoms with Gasteiger partial charge in [-0.15, -0.1) is 0 Å². The van der Waals surface area contributed by atoms with Gasteiger partial charge in [-0.3, -0.25) is 0 Å². The van der Waals surface area contributed by atoms with Gasteiger partial charge >= 0.3 is 0 Å². The number of benzene rings is 1. The Hall–Kier alpha value is -1.02. The smallest absolute Gasteiger partial charge is 0.0375 e. The monoisotopic (exact) mass is 232 g/mol. The first-order chi connectivity index (χ1) is 8.31. The number of fused-ring (bicyclic) bond motifs is 1. The lowest BCUT2D eigenvalue weighted by atomic mass is 9.97. The summed E-state index contributed by atoms with van der Waals surface area (Å²) in [5.74, 6) is 0.771. The van der Waals surface area contributed by atoms with Crippen molar-refractivity contribution in [2.75, 3.05) is 18.4 Å². The van der Waals surface area contributed by atoms with Gasteiger partial charge in [0.05, 0.1) is 0 Å². The molecule has 0 aliphatic carbocycles. The normalized spacial score (nSPS) is 16.1. The zero-order chi connectivity index (χ0) is 12.1. The molecule has 0 saturated heterocycles. The van der Waals surface area contributed by atoms with Gasteiger partial charge in [0.1, 0.15) is 0 Å². The molecule has 17 heavy (non-hydrogen) atoms. The lowest BCUT2D eigenvalue weighted by Gasteiger charge is -2.21. The van der Waals surface area contributed by atoms with Crippen LogP contribution in [-0.2, 0) is 13.0 Å². The number of rotatable bonds is 5. The van der Waals surface area contributed by atoms with Crippen molar-refractivity contribution in [1.29, 1.82) is 0 Å². The van der Waals surface area contributed by atoms with Crippen molar-refractivity contribution in [2.24, 2.45) is 5.92 Å². The fourth-order valence-corrected chi connectivity index (χ4v) is 2.35. The molecule has 1 aromatic rings. The summed E-state index contributed by atoms with van der Waals surface area (Å²) >= 11 is 0. The molecule has 2 nitrogen and oxygen atoms in total. The van der Waals surface area contributed by atoms with E-state index in [2.05, 4.69) is 42.7 Å². The molecule has 1 aliphatic rings. The van der Waals surface area contributed by atoms with Crippen LogP contribution in [-0.4, -0.2) is 13.1 Å².